The predicted octanol–water partition coefficient (Wildman–Crippen LogP) is 3.23. The van der Waals surface area contributed by atoms with Crippen molar-refractivity contribution in [3.05, 3.63) is 46.7 Å². The molecule has 0 aromatic heterocycles. The molecule has 0 spiro atoms. The number of hydrogen-bond acceptors (Lipinski definition) is 2. The molecule has 18 heavy (non-hydrogen) atoms. The topological polar surface area (TPSA) is 21.3 Å². The molecule has 0 saturated carbocycles. The van der Waals surface area contributed by atoms with E-state index in [1.54, 1.807) is 26.3 Å². The third-order valence-electron chi connectivity index (χ3n) is 3.21. The molecule has 1 unspecified atom stereocenters. The van der Waals surface area contributed by atoms with Crippen LogP contribution in [0.4, 0.5) is 8.78 Å². The molecule has 2 rings (SSSR count). The molecule has 4 heteroatoms. The minimum atomic E-state index is -0.524. The number of ether oxygens (including phenoxy) is 1. The molecule has 1 N–H and O–H groups in total. The van der Waals surface area contributed by atoms with Crippen LogP contribution >= 0.6 is 0 Å². The van der Waals surface area contributed by atoms with E-state index in [0.717, 1.165) is 24.5 Å². The van der Waals surface area contributed by atoms with Crippen LogP contribution in [0.2, 0.25) is 0 Å². The van der Waals surface area contributed by atoms with Crippen LogP contribution in [0.1, 0.15) is 30.0 Å². The summed E-state index contributed by atoms with van der Waals surface area (Å²) in [7, 11) is 1.76. The Morgan fingerprint density at radius 1 is 1.28 bits per heavy atom. The Hall–Kier alpha value is -1.42. The molecule has 0 aliphatic carbocycles. The summed E-state index contributed by atoms with van der Waals surface area (Å²) < 4.78 is 32.4. The smallest absolute Gasteiger partial charge is 0.131 e. The summed E-state index contributed by atoms with van der Waals surface area (Å²) >= 11 is 0. The second-order valence-corrected chi connectivity index (χ2v) is 4.51. The van der Waals surface area contributed by atoms with Crippen LogP contribution < -0.4 is 5.32 Å². The van der Waals surface area contributed by atoms with Gasteiger partial charge in [-0.25, -0.2) is 8.78 Å². The number of rotatable bonds is 3. The van der Waals surface area contributed by atoms with Crippen molar-refractivity contribution in [1.82, 2.24) is 5.32 Å². The molecule has 1 aliphatic rings. The molecule has 0 fully saturated rings. The Morgan fingerprint density at radius 2 is 2.06 bits per heavy atom. The highest BCUT2D eigenvalue weighted by atomic mass is 19.1. The third kappa shape index (κ3) is 2.53. The van der Waals surface area contributed by atoms with Crippen LogP contribution in [0.3, 0.4) is 0 Å². The van der Waals surface area contributed by atoms with Gasteiger partial charge in [-0.3, -0.25) is 0 Å². The van der Waals surface area contributed by atoms with E-state index in [1.165, 1.54) is 0 Å². The average Bonchev–Trinajstić information content (AvgIpc) is 2.38. The molecule has 1 aliphatic heterocycles. The fourth-order valence-electron chi connectivity index (χ4n) is 2.24. The van der Waals surface area contributed by atoms with Crippen molar-refractivity contribution in [2.75, 3.05) is 13.7 Å². The van der Waals surface area contributed by atoms with Crippen molar-refractivity contribution in [2.24, 2.45) is 0 Å². The number of aryl methyl sites for hydroxylation is 1. The zero-order valence-corrected chi connectivity index (χ0v) is 10.6. The zero-order valence-electron chi connectivity index (χ0n) is 10.6. The van der Waals surface area contributed by atoms with Gasteiger partial charge in [0.15, 0.2) is 0 Å². The van der Waals surface area contributed by atoms with Crippen molar-refractivity contribution >= 4 is 0 Å². The third-order valence-corrected chi connectivity index (χ3v) is 3.21. The lowest BCUT2D eigenvalue weighted by atomic mass is 9.94. The maximum absolute atomic E-state index is 13.9. The molecule has 0 amide bonds. The van der Waals surface area contributed by atoms with E-state index in [1.807, 2.05) is 0 Å². The van der Waals surface area contributed by atoms with Crippen molar-refractivity contribution < 1.29 is 13.5 Å². The molecule has 1 aromatic carbocycles. The lowest BCUT2D eigenvalue weighted by molar-refractivity contribution is 0.219. The van der Waals surface area contributed by atoms with Gasteiger partial charge >= 0.3 is 0 Å². The molecule has 0 radical (unpaired) electrons. The van der Waals surface area contributed by atoms with Crippen LogP contribution in [0, 0.1) is 18.6 Å². The van der Waals surface area contributed by atoms with Gasteiger partial charge in [-0.2, -0.15) is 0 Å². The van der Waals surface area contributed by atoms with E-state index in [4.69, 9.17) is 4.74 Å². The van der Waals surface area contributed by atoms with E-state index < -0.39 is 11.6 Å². The van der Waals surface area contributed by atoms with Crippen molar-refractivity contribution in [3.63, 3.8) is 0 Å². The minimum absolute atomic E-state index is 0.260. The van der Waals surface area contributed by atoms with Crippen LogP contribution in [0.15, 0.2) is 24.0 Å². The number of hydrogen-bond donors (Lipinski definition) is 1. The van der Waals surface area contributed by atoms with E-state index in [-0.39, 0.29) is 6.04 Å². The molecule has 1 aromatic rings. The monoisotopic (exact) mass is 253 g/mol. The first-order valence-electron chi connectivity index (χ1n) is 6.07. The quantitative estimate of drug-likeness (QED) is 0.893. The van der Waals surface area contributed by atoms with Gasteiger partial charge in [-0.05, 0) is 44.0 Å². The summed E-state index contributed by atoms with van der Waals surface area (Å²) in [6.07, 6.45) is 3.47. The number of benzene rings is 1. The summed E-state index contributed by atoms with van der Waals surface area (Å²) in [6, 6.07) is 2.24. The highest BCUT2D eigenvalue weighted by Crippen LogP contribution is 2.30. The van der Waals surface area contributed by atoms with Gasteiger partial charge in [0, 0.05) is 11.6 Å². The Balaban J connectivity index is 2.38. The second kappa shape index (κ2) is 5.48. The fourth-order valence-corrected chi connectivity index (χ4v) is 2.24. The van der Waals surface area contributed by atoms with E-state index in [0.29, 0.717) is 17.7 Å². The summed E-state index contributed by atoms with van der Waals surface area (Å²) in [5, 5.41) is 3.06. The van der Waals surface area contributed by atoms with E-state index in [9.17, 15) is 8.78 Å². The molecule has 98 valence electrons. The molecule has 0 bridgehead atoms. The Kier molecular flexibility index (Phi) is 3.97. The SMILES string of the molecule is CNC(C1=COCCC1)c1cc(C)c(F)cc1F. The summed E-state index contributed by atoms with van der Waals surface area (Å²) in [5.74, 6) is -1.04. The first-order chi connectivity index (χ1) is 8.63. The van der Waals surface area contributed by atoms with Crippen molar-refractivity contribution in [3.8, 4) is 0 Å². The van der Waals surface area contributed by atoms with E-state index >= 15 is 0 Å². The van der Waals surface area contributed by atoms with Crippen LogP contribution in [-0.4, -0.2) is 13.7 Å². The van der Waals surface area contributed by atoms with Crippen molar-refractivity contribution in [2.45, 2.75) is 25.8 Å². The molecule has 0 saturated heterocycles. The first kappa shape index (κ1) is 13.0. The molecular formula is C14H17F2NO. The number of halogens is 2. The second-order valence-electron chi connectivity index (χ2n) is 4.51. The number of nitrogens with one attached hydrogen (secondary N) is 1. The van der Waals surface area contributed by atoms with Crippen molar-refractivity contribution in [1.29, 1.82) is 0 Å². The van der Waals surface area contributed by atoms with Crippen LogP contribution in [0.25, 0.3) is 0 Å². The standard InChI is InChI=1S/C14H17F2NO/c1-9-6-11(13(16)7-12(9)15)14(17-2)10-4-3-5-18-8-10/h6-8,14,17H,3-5H2,1-2H3. The molecule has 2 nitrogen and oxygen atoms in total. The normalized spacial score (nSPS) is 17.0. The minimum Gasteiger partial charge on any atom is -0.501 e. The van der Waals surface area contributed by atoms with Gasteiger partial charge in [0.2, 0.25) is 0 Å². The maximum Gasteiger partial charge on any atom is 0.131 e. The van der Waals surface area contributed by atoms with Crippen LogP contribution in [0.5, 0.6) is 0 Å². The fraction of sp³-hybridized carbons (Fsp3) is 0.429. The Bertz CT molecular complexity index is 471. The number of likely N-dealkylation sites (N-methyl/N-ethyl adjacent to an activating group) is 1. The Labute approximate surface area is 106 Å². The molecule has 1 atom stereocenters. The summed E-state index contributed by atoms with van der Waals surface area (Å²) in [5.41, 5.74) is 1.91. The Morgan fingerprint density at radius 3 is 2.67 bits per heavy atom. The molecule has 1 heterocycles. The van der Waals surface area contributed by atoms with E-state index in [2.05, 4.69) is 5.32 Å². The van der Waals surface area contributed by atoms with Gasteiger partial charge in [0.1, 0.15) is 11.6 Å². The average molecular weight is 253 g/mol. The van der Waals surface area contributed by atoms with Gasteiger partial charge in [0.05, 0.1) is 18.9 Å². The first-order valence-corrected chi connectivity index (χ1v) is 6.07. The van der Waals surface area contributed by atoms with Crippen LogP contribution in [-0.2, 0) is 4.74 Å². The summed E-state index contributed by atoms with van der Waals surface area (Å²) in [6.45, 7) is 2.33. The highest BCUT2D eigenvalue weighted by molar-refractivity contribution is 5.33. The van der Waals surface area contributed by atoms with Gasteiger partial charge in [0.25, 0.3) is 0 Å². The highest BCUT2D eigenvalue weighted by Gasteiger charge is 2.21. The largest absolute Gasteiger partial charge is 0.501 e. The van der Waals surface area contributed by atoms with Gasteiger partial charge in [-0.15, -0.1) is 0 Å². The predicted molar refractivity (Wildman–Crippen MR) is 66.2 cm³/mol. The zero-order chi connectivity index (χ0) is 13.1. The van der Waals surface area contributed by atoms with Gasteiger partial charge < -0.3 is 10.1 Å². The summed E-state index contributed by atoms with van der Waals surface area (Å²) in [4.78, 5) is 0. The maximum atomic E-state index is 13.9. The van der Waals surface area contributed by atoms with Gasteiger partial charge in [-0.1, -0.05) is 0 Å². The lowest BCUT2D eigenvalue weighted by Crippen LogP contribution is -2.22. The lowest BCUT2D eigenvalue weighted by Gasteiger charge is -2.24. The molecular weight excluding hydrogens is 236 g/mol.